The molecule has 3 amide bonds. The van der Waals surface area contributed by atoms with Crippen molar-refractivity contribution in [1.29, 1.82) is 0 Å². The van der Waals surface area contributed by atoms with Gasteiger partial charge in [-0.25, -0.2) is 4.90 Å². The van der Waals surface area contributed by atoms with Gasteiger partial charge in [-0.2, -0.15) is 0 Å². The number of fused-ring (bicyclic) bond motifs is 2. The first kappa shape index (κ1) is 14.7. The molecule has 0 saturated carbocycles. The Hall–Kier alpha value is -2.89. The van der Waals surface area contributed by atoms with E-state index in [0.29, 0.717) is 24.2 Å². The van der Waals surface area contributed by atoms with E-state index < -0.39 is 11.9 Å². The summed E-state index contributed by atoms with van der Waals surface area (Å²) in [5.41, 5.74) is 0.693. The van der Waals surface area contributed by atoms with Gasteiger partial charge in [-0.1, -0.05) is 12.1 Å². The lowest BCUT2D eigenvalue weighted by atomic mass is 10.0. The summed E-state index contributed by atoms with van der Waals surface area (Å²) in [5.74, 6) is -1.03. The van der Waals surface area contributed by atoms with Gasteiger partial charge >= 0.3 is 5.91 Å². The third kappa shape index (κ3) is 2.14. The van der Waals surface area contributed by atoms with Crippen molar-refractivity contribution in [1.82, 2.24) is 4.90 Å². The monoisotopic (exact) mass is 324 g/mol. The Morgan fingerprint density at radius 2 is 1.92 bits per heavy atom. The molecular weight excluding hydrogens is 308 g/mol. The molecule has 0 N–H and O–H groups in total. The van der Waals surface area contributed by atoms with Gasteiger partial charge in [0.1, 0.15) is 6.04 Å². The fourth-order valence-corrected chi connectivity index (χ4v) is 3.42. The van der Waals surface area contributed by atoms with Gasteiger partial charge < -0.3 is 9.32 Å². The van der Waals surface area contributed by atoms with Gasteiger partial charge in [-0.15, -0.1) is 0 Å². The standard InChI is InChI=1S/C18H16N2O4/c21-16-12-6-1-2-7-13(12)20(18(23)15-9-5-11-24-15)17(22)14-8-3-4-10-19(14)16/h1-2,5-7,9,11,14H,3-4,8,10H2/t14-/m0/s1. The molecule has 2 aliphatic heterocycles. The second-order valence-corrected chi connectivity index (χ2v) is 5.98. The molecule has 24 heavy (non-hydrogen) atoms. The lowest BCUT2D eigenvalue weighted by Crippen LogP contribution is -2.52. The summed E-state index contributed by atoms with van der Waals surface area (Å²) < 4.78 is 5.17. The number of anilines is 1. The van der Waals surface area contributed by atoms with Crippen molar-refractivity contribution in [3.05, 3.63) is 54.0 Å². The number of benzene rings is 1. The van der Waals surface area contributed by atoms with Gasteiger partial charge in [0.25, 0.3) is 11.8 Å². The number of furan rings is 1. The molecule has 1 aromatic carbocycles. The van der Waals surface area contributed by atoms with Gasteiger partial charge in [0, 0.05) is 6.54 Å². The quantitative estimate of drug-likeness (QED) is 0.756. The summed E-state index contributed by atoms with van der Waals surface area (Å²) >= 11 is 0. The Bertz CT molecular complexity index is 812. The lowest BCUT2D eigenvalue weighted by Gasteiger charge is -2.33. The van der Waals surface area contributed by atoms with Crippen molar-refractivity contribution in [2.75, 3.05) is 11.4 Å². The molecule has 0 unspecified atom stereocenters. The molecule has 3 heterocycles. The van der Waals surface area contributed by atoms with Crippen LogP contribution in [0.5, 0.6) is 0 Å². The SMILES string of the molecule is O=C(c1ccco1)N1C(=O)[C@@H]2CCCCN2C(=O)c2ccccc21. The average molecular weight is 324 g/mol. The molecule has 2 aliphatic rings. The van der Waals surface area contributed by atoms with Gasteiger partial charge in [-0.05, 0) is 43.5 Å². The van der Waals surface area contributed by atoms with E-state index in [1.807, 2.05) is 0 Å². The highest BCUT2D eigenvalue weighted by atomic mass is 16.3. The fourth-order valence-electron chi connectivity index (χ4n) is 3.42. The van der Waals surface area contributed by atoms with E-state index in [1.165, 1.54) is 12.3 Å². The minimum atomic E-state index is -0.599. The van der Waals surface area contributed by atoms with Crippen molar-refractivity contribution in [2.24, 2.45) is 0 Å². The summed E-state index contributed by atoms with van der Waals surface area (Å²) in [4.78, 5) is 41.5. The number of piperidine rings is 1. The molecular formula is C18H16N2O4. The number of hydrogen-bond acceptors (Lipinski definition) is 4. The third-order valence-corrected chi connectivity index (χ3v) is 4.58. The molecule has 4 rings (SSSR count). The van der Waals surface area contributed by atoms with Crippen LogP contribution in [0.15, 0.2) is 47.1 Å². The Balaban J connectivity index is 1.87. The third-order valence-electron chi connectivity index (χ3n) is 4.58. The lowest BCUT2D eigenvalue weighted by molar-refractivity contribution is -0.123. The van der Waals surface area contributed by atoms with Gasteiger partial charge in [0.2, 0.25) is 0 Å². The Kier molecular flexibility index (Phi) is 3.45. The van der Waals surface area contributed by atoms with Crippen LogP contribution in [-0.2, 0) is 4.79 Å². The molecule has 122 valence electrons. The predicted octanol–water partition coefficient (Wildman–Crippen LogP) is 2.46. The van der Waals surface area contributed by atoms with Crippen molar-refractivity contribution in [3.63, 3.8) is 0 Å². The van der Waals surface area contributed by atoms with E-state index in [9.17, 15) is 14.4 Å². The minimum Gasteiger partial charge on any atom is -0.459 e. The van der Waals surface area contributed by atoms with Crippen LogP contribution in [0.4, 0.5) is 5.69 Å². The topological polar surface area (TPSA) is 70.8 Å². The van der Waals surface area contributed by atoms with Crippen LogP contribution in [0, 0.1) is 0 Å². The van der Waals surface area contributed by atoms with E-state index in [4.69, 9.17) is 4.42 Å². The first-order valence-corrected chi connectivity index (χ1v) is 8.00. The predicted molar refractivity (Wildman–Crippen MR) is 85.6 cm³/mol. The highest BCUT2D eigenvalue weighted by Crippen LogP contribution is 2.32. The second-order valence-electron chi connectivity index (χ2n) is 5.98. The zero-order chi connectivity index (χ0) is 16.7. The summed E-state index contributed by atoms with van der Waals surface area (Å²) in [6.07, 6.45) is 3.68. The zero-order valence-electron chi connectivity index (χ0n) is 13.0. The van der Waals surface area contributed by atoms with Crippen LogP contribution >= 0.6 is 0 Å². The number of amides is 3. The molecule has 6 heteroatoms. The molecule has 0 spiro atoms. The first-order valence-electron chi connectivity index (χ1n) is 8.00. The van der Waals surface area contributed by atoms with E-state index in [2.05, 4.69) is 0 Å². The Labute approximate surface area is 138 Å². The van der Waals surface area contributed by atoms with E-state index in [-0.39, 0.29) is 17.6 Å². The highest BCUT2D eigenvalue weighted by molar-refractivity contribution is 6.25. The number of rotatable bonds is 1. The van der Waals surface area contributed by atoms with E-state index in [0.717, 1.165) is 17.7 Å². The van der Waals surface area contributed by atoms with Crippen molar-refractivity contribution in [2.45, 2.75) is 25.3 Å². The van der Waals surface area contributed by atoms with Crippen molar-refractivity contribution < 1.29 is 18.8 Å². The molecule has 0 radical (unpaired) electrons. The van der Waals surface area contributed by atoms with Crippen LogP contribution in [-0.4, -0.2) is 35.2 Å². The number of carbonyl (C=O) groups is 3. The number of nitrogens with zero attached hydrogens (tertiary/aromatic N) is 2. The van der Waals surface area contributed by atoms with Gasteiger partial charge in [-0.3, -0.25) is 14.4 Å². The smallest absolute Gasteiger partial charge is 0.300 e. The average Bonchev–Trinajstić information content (AvgIpc) is 3.13. The summed E-state index contributed by atoms with van der Waals surface area (Å²) in [6.45, 7) is 0.534. The van der Waals surface area contributed by atoms with Crippen LogP contribution in [0.2, 0.25) is 0 Å². The number of para-hydroxylation sites is 1. The van der Waals surface area contributed by atoms with Crippen LogP contribution < -0.4 is 4.90 Å². The molecule has 1 aromatic heterocycles. The molecule has 6 nitrogen and oxygen atoms in total. The summed E-state index contributed by atoms with van der Waals surface area (Å²) in [7, 11) is 0. The molecule has 1 saturated heterocycles. The largest absolute Gasteiger partial charge is 0.459 e. The minimum absolute atomic E-state index is 0.0786. The van der Waals surface area contributed by atoms with Crippen LogP contribution in [0.1, 0.15) is 40.2 Å². The zero-order valence-corrected chi connectivity index (χ0v) is 13.0. The number of carbonyl (C=O) groups excluding carboxylic acids is 3. The van der Waals surface area contributed by atoms with Gasteiger partial charge in [0.15, 0.2) is 5.76 Å². The van der Waals surface area contributed by atoms with Crippen molar-refractivity contribution in [3.8, 4) is 0 Å². The Morgan fingerprint density at radius 1 is 1.08 bits per heavy atom. The molecule has 1 atom stereocenters. The van der Waals surface area contributed by atoms with Crippen LogP contribution in [0.3, 0.4) is 0 Å². The summed E-state index contributed by atoms with van der Waals surface area (Å²) in [6, 6.07) is 9.25. The summed E-state index contributed by atoms with van der Waals surface area (Å²) in [5, 5.41) is 0. The second kappa shape index (κ2) is 5.63. The van der Waals surface area contributed by atoms with E-state index >= 15 is 0 Å². The maximum absolute atomic E-state index is 13.1. The molecule has 1 fully saturated rings. The highest BCUT2D eigenvalue weighted by Gasteiger charge is 2.43. The van der Waals surface area contributed by atoms with Crippen LogP contribution in [0.25, 0.3) is 0 Å². The maximum Gasteiger partial charge on any atom is 0.300 e. The van der Waals surface area contributed by atoms with Gasteiger partial charge in [0.05, 0.1) is 17.5 Å². The molecule has 0 bridgehead atoms. The fraction of sp³-hybridized carbons (Fsp3) is 0.278. The maximum atomic E-state index is 13.1. The molecule has 0 aliphatic carbocycles. The normalized spacial score (nSPS) is 20.4. The van der Waals surface area contributed by atoms with Crippen molar-refractivity contribution >= 4 is 23.4 Å². The Morgan fingerprint density at radius 3 is 2.71 bits per heavy atom. The molecule has 2 aromatic rings. The number of hydrogen-bond donors (Lipinski definition) is 0. The van der Waals surface area contributed by atoms with E-state index in [1.54, 1.807) is 35.2 Å². The first-order chi connectivity index (χ1) is 11.7. The number of imide groups is 1.